The Morgan fingerprint density at radius 2 is 2.33 bits per heavy atom. The molecule has 0 saturated heterocycles. The number of amidine groups is 1. The molecule has 0 saturated carbocycles. The Morgan fingerprint density at radius 1 is 1.47 bits per heavy atom. The lowest BCUT2D eigenvalue weighted by Gasteiger charge is -2.19. The predicted molar refractivity (Wildman–Crippen MR) is 66.2 cm³/mol. The molecule has 3 nitrogen and oxygen atoms in total. The Balaban J connectivity index is 2.22. The van der Waals surface area contributed by atoms with Crippen LogP contribution in [0, 0.1) is 0 Å². The third kappa shape index (κ3) is 2.38. The molecule has 0 fully saturated rings. The average Bonchev–Trinajstić information content (AvgIpc) is 2.66. The molecule has 0 atom stereocenters. The zero-order chi connectivity index (χ0) is 10.7. The summed E-state index contributed by atoms with van der Waals surface area (Å²) in [6, 6.07) is 8.22. The van der Waals surface area contributed by atoms with Gasteiger partial charge < -0.3 is 10.6 Å². The normalized spacial score (nSPS) is 15.6. The molecule has 0 bridgehead atoms. The summed E-state index contributed by atoms with van der Waals surface area (Å²) < 4.78 is 1.09. The summed E-state index contributed by atoms with van der Waals surface area (Å²) in [5, 5.41) is 0. The van der Waals surface area contributed by atoms with Crippen molar-refractivity contribution in [3.05, 3.63) is 34.3 Å². The molecule has 0 aromatic heterocycles. The van der Waals surface area contributed by atoms with Gasteiger partial charge in [0.2, 0.25) is 0 Å². The van der Waals surface area contributed by atoms with Crippen LogP contribution in [0.25, 0.3) is 0 Å². The van der Waals surface area contributed by atoms with Crippen molar-refractivity contribution in [2.45, 2.75) is 0 Å². The van der Waals surface area contributed by atoms with Crippen LogP contribution in [-0.4, -0.2) is 36.9 Å². The van der Waals surface area contributed by atoms with E-state index in [0.29, 0.717) is 6.54 Å². The Bertz CT molecular complexity index is 376. The van der Waals surface area contributed by atoms with E-state index in [4.69, 9.17) is 5.73 Å². The Morgan fingerprint density at radius 3 is 3.07 bits per heavy atom. The second kappa shape index (κ2) is 4.77. The van der Waals surface area contributed by atoms with Crippen LogP contribution in [0.5, 0.6) is 0 Å². The van der Waals surface area contributed by atoms with Crippen molar-refractivity contribution in [3.63, 3.8) is 0 Å². The maximum Gasteiger partial charge on any atom is 0.131 e. The van der Waals surface area contributed by atoms with E-state index in [-0.39, 0.29) is 0 Å². The number of aliphatic imine (C=N–C) groups is 1. The fourth-order valence-corrected chi connectivity index (χ4v) is 2.16. The number of halogens is 1. The molecule has 0 amide bonds. The smallest absolute Gasteiger partial charge is 0.131 e. The zero-order valence-electron chi connectivity index (χ0n) is 8.49. The molecule has 1 heterocycles. The molecule has 1 aliphatic heterocycles. The van der Waals surface area contributed by atoms with Gasteiger partial charge in [0.1, 0.15) is 5.84 Å². The van der Waals surface area contributed by atoms with E-state index in [1.165, 1.54) is 0 Å². The highest BCUT2D eigenvalue weighted by Gasteiger charge is 2.17. The van der Waals surface area contributed by atoms with E-state index in [9.17, 15) is 0 Å². The SMILES string of the molecule is NCCN1CCN=C1c1cccc(Br)c1. The topological polar surface area (TPSA) is 41.6 Å². The van der Waals surface area contributed by atoms with Gasteiger partial charge in [-0.25, -0.2) is 0 Å². The molecule has 1 aromatic rings. The summed E-state index contributed by atoms with van der Waals surface area (Å²) in [6.07, 6.45) is 0. The van der Waals surface area contributed by atoms with E-state index in [1.807, 2.05) is 12.1 Å². The van der Waals surface area contributed by atoms with E-state index in [2.05, 4.69) is 38.0 Å². The van der Waals surface area contributed by atoms with Crippen LogP contribution in [0.2, 0.25) is 0 Å². The van der Waals surface area contributed by atoms with E-state index in [0.717, 1.165) is 35.5 Å². The predicted octanol–water partition coefficient (Wildman–Crippen LogP) is 1.47. The fraction of sp³-hybridized carbons (Fsp3) is 0.364. The van der Waals surface area contributed by atoms with Crippen LogP contribution in [0.15, 0.2) is 33.7 Å². The number of nitrogens with two attached hydrogens (primary N) is 1. The van der Waals surface area contributed by atoms with Gasteiger partial charge in [-0.15, -0.1) is 0 Å². The first-order valence-electron chi connectivity index (χ1n) is 5.06. The van der Waals surface area contributed by atoms with Crippen molar-refractivity contribution in [1.29, 1.82) is 0 Å². The number of hydrogen-bond donors (Lipinski definition) is 1. The molecule has 0 radical (unpaired) electrons. The summed E-state index contributed by atoms with van der Waals surface area (Å²) in [5.74, 6) is 1.07. The van der Waals surface area contributed by atoms with Crippen LogP contribution in [0.3, 0.4) is 0 Å². The molecular formula is C11H14BrN3. The van der Waals surface area contributed by atoms with Crippen LogP contribution in [0.1, 0.15) is 5.56 Å². The molecule has 0 unspecified atom stereocenters. The summed E-state index contributed by atoms with van der Waals surface area (Å²) in [7, 11) is 0. The molecular weight excluding hydrogens is 254 g/mol. The summed E-state index contributed by atoms with van der Waals surface area (Å²) in [4.78, 5) is 6.75. The summed E-state index contributed by atoms with van der Waals surface area (Å²) in [6.45, 7) is 3.42. The third-order valence-electron chi connectivity index (χ3n) is 2.41. The third-order valence-corrected chi connectivity index (χ3v) is 2.91. The van der Waals surface area contributed by atoms with Gasteiger partial charge in [0.15, 0.2) is 0 Å². The second-order valence-corrected chi connectivity index (χ2v) is 4.41. The molecule has 0 spiro atoms. The van der Waals surface area contributed by atoms with Crippen molar-refractivity contribution in [2.24, 2.45) is 10.7 Å². The average molecular weight is 268 g/mol. The molecule has 0 aliphatic carbocycles. The number of rotatable bonds is 3. The second-order valence-electron chi connectivity index (χ2n) is 3.49. The minimum Gasteiger partial charge on any atom is -0.353 e. The lowest BCUT2D eigenvalue weighted by Crippen LogP contribution is -2.33. The Labute approximate surface area is 98.1 Å². The van der Waals surface area contributed by atoms with Gasteiger partial charge in [-0.2, -0.15) is 0 Å². The monoisotopic (exact) mass is 267 g/mol. The molecule has 80 valence electrons. The number of nitrogens with zero attached hydrogens (tertiary/aromatic N) is 2. The van der Waals surface area contributed by atoms with Gasteiger partial charge in [-0.3, -0.25) is 4.99 Å². The molecule has 4 heteroatoms. The highest BCUT2D eigenvalue weighted by molar-refractivity contribution is 9.10. The zero-order valence-corrected chi connectivity index (χ0v) is 10.1. The molecule has 1 aromatic carbocycles. The van der Waals surface area contributed by atoms with Crippen LogP contribution >= 0.6 is 15.9 Å². The van der Waals surface area contributed by atoms with Gasteiger partial charge in [-0.1, -0.05) is 28.1 Å². The quantitative estimate of drug-likeness (QED) is 0.902. The van der Waals surface area contributed by atoms with Gasteiger partial charge in [0.25, 0.3) is 0 Å². The highest BCUT2D eigenvalue weighted by Crippen LogP contribution is 2.16. The molecule has 2 N–H and O–H groups in total. The minimum absolute atomic E-state index is 0.674. The van der Waals surface area contributed by atoms with Gasteiger partial charge in [0, 0.05) is 29.7 Å². The van der Waals surface area contributed by atoms with E-state index < -0.39 is 0 Å². The Hall–Kier alpha value is -0.870. The lowest BCUT2D eigenvalue weighted by atomic mass is 10.2. The van der Waals surface area contributed by atoms with Crippen molar-refractivity contribution in [2.75, 3.05) is 26.2 Å². The van der Waals surface area contributed by atoms with Gasteiger partial charge in [-0.05, 0) is 12.1 Å². The fourth-order valence-electron chi connectivity index (χ4n) is 1.76. The van der Waals surface area contributed by atoms with Crippen LogP contribution < -0.4 is 5.73 Å². The van der Waals surface area contributed by atoms with E-state index in [1.54, 1.807) is 0 Å². The van der Waals surface area contributed by atoms with E-state index >= 15 is 0 Å². The van der Waals surface area contributed by atoms with Crippen LogP contribution in [-0.2, 0) is 0 Å². The first-order chi connectivity index (χ1) is 7.31. The molecule has 15 heavy (non-hydrogen) atoms. The highest BCUT2D eigenvalue weighted by atomic mass is 79.9. The summed E-state index contributed by atoms with van der Waals surface area (Å²) >= 11 is 3.47. The number of hydrogen-bond acceptors (Lipinski definition) is 3. The molecule has 1 aliphatic rings. The lowest BCUT2D eigenvalue weighted by molar-refractivity contribution is 0.468. The van der Waals surface area contributed by atoms with Crippen molar-refractivity contribution in [3.8, 4) is 0 Å². The van der Waals surface area contributed by atoms with Crippen molar-refractivity contribution in [1.82, 2.24) is 4.90 Å². The summed E-state index contributed by atoms with van der Waals surface area (Å²) in [5.41, 5.74) is 6.73. The van der Waals surface area contributed by atoms with Crippen molar-refractivity contribution < 1.29 is 0 Å². The van der Waals surface area contributed by atoms with Gasteiger partial charge >= 0.3 is 0 Å². The maximum absolute atomic E-state index is 5.57. The minimum atomic E-state index is 0.674. The standard InChI is InChI=1S/C11H14BrN3/c12-10-3-1-2-9(8-10)11-14-5-7-15(11)6-4-13/h1-3,8H,4-7,13H2. The van der Waals surface area contributed by atoms with Gasteiger partial charge in [0.05, 0.1) is 6.54 Å². The van der Waals surface area contributed by atoms with Crippen LogP contribution in [0.4, 0.5) is 0 Å². The maximum atomic E-state index is 5.57. The largest absolute Gasteiger partial charge is 0.353 e. The first-order valence-corrected chi connectivity index (χ1v) is 5.86. The first kappa shape index (κ1) is 10.6. The number of benzene rings is 1. The molecule has 2 rings (SSSR count). The Kier molecular flexibility index (Phi) is 3.38. The van der Waals surface area contributed by atoms with Crippen molar-refractivity contribution >= 4 is 21.8 Å².